The lowest BCUT2D eigenvalue weighted by molar-refractivity contribution is 0.286. The molecule has 0 saturated heterocycles. The molecule has 1 rings (SSSR count). The quantitative estimate of drug-likeness (QED) is 0.539. The molecule has 0 aliphatic heterocycles. The maximum atomic E-state index is 2.45. The minimum atomic E-state index is 0.989. The number of hydrogen-bond acceptors (Lipinski definition) is 0. The molecule has 0 heterocycles. The zero-order chi connectivity index (χ0) is 11.5. The minimum absolute atomic E-state index is 0.989. The predicted octanol–water partition coefficient (Wildman–Crippen LogP) is 5.81. The van der Waals surface area contributed by atoms with Crippen LogP contribution in [-0.2, 0) is 0 Å². The van der Waals surface area contributed by atoms with Gasteiger partial charge in [-0.2, -0.15) is 0 Å². The highest BCUT2D eigenvalue weighted by molar-refractivity contribution is 4.68. The summed E-state index contributed by atoms with van der Waals surface area (Å²) in [6, 6.07) is 0. The smallest absolute Gasteiger partial charge is 0.0412 e. The van der Waals surface area contributed by atoms with Gasteiger partial charge >= 0.3 is 0 Å². The normalized spacial score (nSPS) is 19.2. The van der Waals surface area contributed by atoms with E-state index < -0.39 is 0 Å². The van der Waals surface area contributed by atoms with Gasteiger partial charge in [-0.05, 0) is 18.3 Å². The van der Waals surface area contributed by atoms with Crippen molar-refractivity contribution in [2.45, 2.75) is 85.5 Å². The van der Waals surface area contributed by atoms with Crippen molar-refractivity contribution in [3.63, 3.8) is 0 Å². The van der Waals surface area contributed by atoms with Crippen molar-refractivity contribution >= 4 is 0 Å². The third-order valence-corrected chi connectivity index (χ3v) is 3.51. The molecule has 0 bridgehead atoms. The zero-order valence-corrected chi connectivity index (χ0v) is 11.5. The fourth-order valence-corrected chi connectivity index (χ4v) is 2.66. The van der Waals surface area contributed by atoms with Crippen LogP contribution in [0.2, 0.25) is 0 Å². The summed E-state index contributed by atoms with van der Waals surface area (Å²) in [7, 11) is 0. The third-order valence-electron chi connectivity index (χ3n) is 3.51. The van der Waals surface area contributed by atoms with E-state index >= 15 is 0 Å². The molecule has 1 fully saturated rings. The standard InChI is InChI=1S/C13H26.C2H6/c1-3-4-8-12(2)11-13-9-6-5-7-10-13;1-2/h12-13H,3-11H2,1-2H3;1-2H3. The second kappa shape index (κ2) is 10.5. The predicted molar refractivity (Wildman–Crippen MR) is 71.2 cm³/mol. The Morgan fingerprint density at radius 2 is 1.67 bits per heavy atom. The van der Waals surface area contributed by atoms with Gasteiger partial charge in [0.15, 0.2) is 0 Å². The molecule has 0 aromatic rings. The van der Waals surface area contributed by atoms with Crippen LogP contribution < -0.4 is 0 Å². The molecule has 1 atom stereocenters. The van der Waals surface area contributed by atoms with Crippen molar-refractivity contribution in [1.29, 1.82) is 0 Å². The van der Waals surface area contributed by atoms with Gasteiger partial charge in [-0.1, -0.05) is 79.1 Å². The fraction of sp³-hybridized carbons (Fsp3) is 1.00. The Morgan fingerprint density at radius 3 is 2.20 bits per heavy atom. The van der Waals surface area contributed by atoms with Crippen LogP contribution in [0.5, 0.6) is 0 Å². The molecular weight excluding hydrogens is 180 g/mol. The summed E-state index contributed by atoms with van der Waals surface area (Å²) in [6.45, 7) is 8.75. The summed E-state index contributed by atoms with van der Waals surface area (Å²) in [5.41, 5.74) is 0. The van der Waals surface area contributed by atoms with Gasteiger partial charge in [0.25, 0.3) is 0 Å². The molecule has 0 amide bonds. The Balaban J connectivity index is 0.000000921. The van der Waals surface area contributed by atoms with E-state index in [1.165, 1.54) is 57.8 Å². The van der Waals surface area contributed by atoms with Gasteiger partial charge in [-0.25, -0.2) is 0 Å². The Kier molecular flexibility index (Phi) is 10.5. The topological polar surface area (TPSA) is 0 Å². The number of hydrogen-bond donors (Lipinski definition) is 0. The molecule has 1 saturated carbocycles. The summed E-state index contributed by atoms with van der Waals surface area (Å²) >= 11 is 0. The number of rotatable bonds is 5. The monoisotopic (exact) mass is 212 g/mol. The summed E-state index contributed by atoms with van der Waals surface area (Å²) in [6.07, 6.45) is 13.3. The van der Waals surface area contributed by atoms with E-state index in [4.69, 9.17) is 0 Å². The summed E-state index contributed by atoms with van der Waals surface area (Å²) < 4.78 is 0. The first-order valence-electron chi connectivity index (χ1n) is 7.33. The maximum Gasteiger partial charge on any atom is -0.0412 e. The highest BCUT2D eigenvalue weighted by Gasteiger charge is 2.15. The van der Waals surface area contributed by atoms with E-state index in [0.29, 0.717) is 0 Å². The fourth-order valence-electron chi connectivity index (χ4n) is 2.66. The van der Waals surface area contributed by atoms with E-state index in [2.05, 4.69) is 13.8 Å². The van der Waals surface area contributed by atoms with Gasteiger partial charge in [0, 0.05) is 0 Å². The molecule has 15 heavy (non-hydrogen) atoms. The molecular formula is C15H32. The average Bonchev–Trinajstić information content (AvgIpc) is 2.30. The van der Waals surface area contributed by atoms with Crippen molar-refractivity contribution in [1.82, 2.24) is 0 Å². The van der Waals surface area contributed by atoms with Crippen molar-refractivity contribution < 1.29 is 0 Å². The van der Waals surface area contributed by atoms with Crippen molar-refractivity contribution in [3.8, 4) is 0 Å². The molecule has 0 N–H and O–H groups in total. The summed E-state index contributed by atoms with van der Waals surface area (Å²) in [5.74, 6) is 2.07. The van der Waals surface area contributed by atoms with Crippen molar-refractivity contribution in [2.24, 2.45) is 11.8 Å². The molecule has 92 valence electrons. The van der Waals surface area contributed by atoms with Crippen LogP contribution in [0.3, 0.4) is 0 Å². The summed E-state index contributed by atoms with van der Waals surface area (Å²) in [4.78, 5) is 0. The van der Waals surface area contributed by atoms with Gasteiger partial charge in [-0.3, -0.25) is 0 Å². The van der Waals surface area contributed by atoms with Gasteiger partial charge in [0.05, 0.1) is 0 Å². The first kappa shape index (κ1) is 15.0. The Hall–Kier alpha value is 0. The Labute approximate surface area is 97.8 Å². The van der Waals surface area contributed by atoms with Crippen LogP contribution in [0.25, 0.3) is 0 Å². The minimum Gasteiger partial charge on any atom is -0.0683 e. The van der Waals surface area contributed by atoms with Gasteiger partial charge < -0.3 is 0 Å². The van der Waals surface area contributed by atoms with Crippen LogP contribution in [-0.4, -0.2) is 0 Å². The summed E-state index contributed by atoms with van der Waals surface area (Å²) in [5, 5.41) is 0. The van der Waals surface area contributed by atoms with Crippen LogP contribution in [0, 0.1) is 11.8 Å². The first-order valence-corrected chi connectivity index (χ1v) is 7.33. The van der Waals surface area contributed by atoms with E-state index in [-0.39, 0.29) is 0 Å². The van der Waals surface area contributed by atoms with E-state index in [1.54, 1.807) is 0 Å². The molecule has 0 heteroatoms. The molecule has 1 aliphatic rings. The van der Waals surface area contributed by atoms with Gasteiger partial charge in [-0.15, -0.1) is 0 Å². The van der Waals surface area contributed by atoms with E-state index in [1.807, 2.05) is 13.8 Å². The van der Waals surface area contributed by atoms with Crippen molar-refractivity contribution in [3.05, 3.63) is 0 Å². The molecule has 1 aliphatic carbocycles. The molecule has 0 radical (unpaired) electrons. The lowest BCUT2D eigenvalue weighted by atomic mass is 9.82. The molecule has 1 unspecified atom stereocenters. The highest BCUT2D eigenvalue weighted by Crippen LogP contribution is 2.30. The van der Waals surface area contributed by atoms with Crippen molar-refractivity contribution in [2.75, 3.05) is 0 Å². The van der Waals surface area contributed by atoms with Crippen LogP contribution in [0.15, 0.2) is 0 Å². The van der Waals surface area contributed by atoms with Crippen LogP contribution >= 0.6 is 0 Å². The van der Waals surface area contributed by atoms with Gasteiger partial charge in [0.1, 0.15) is 0 Å². The number of unbranched alkanes of at least 4 members (excludes halogenated alkanes) is 1. The lowest BCUT2D eigenvalue weighted by Crippen LogP contribution is -2.10. The third kappa shape index (κ3) is 7.88. The average molecular weight is 212 g/mol. The van der Waals surface area contributed by atoms with E-state index in [0.717, 1.165) is 11.8 Å². The second-order valence-electron chi connectivity index (χ2n) is 4.99. The largest absolute Gasteiger partial charge is 0.0683 e. The van der Waals surface area contributed by atoms with Crippen LogP contribution in [0.4, 0.5) is 0 Å². The lowest BCUT2D eigenvalue weighted by Gasteiger charge is -2.24. The Morgan fingerprint density at radius 1 is 1.07 bits per heavy atom. The maximum absolute atomic E-state index is 2.45. The Bertz CT molecular complexity index is 111. The SMILES string of the molecule is CC.CCCCC(C)CC1CCCCC1. The molecule has 0 aromatic heterocycles. The molecule has 0 aromatic carbocycles. The first-order chi connectivity index (χ1) is 7.33. The van der Waals surface area contributed by atoms with E-state index in [9.17, 15) is 0 Å². The zero-order valence-electron chi connectivity index (χ0n) is 11.5. The molecule has 0 nitrogen and oxygen atoms in total. The van der Waals surface area contributed by atoms with Gasteiger partial charge in [0.2, 0.25) is 0 Å². The van der Waals surface area contributed by atoms with Crippen LogP contribution in [0.1, 0.15) is 85.5 Å². The molecule has 0 spiro atoms. The highest BCUT2D eigenvalue weighted by atomic mass is 14.2. The second-order valence-corrected chi connectivity index (χ2v) is 4.99.